The van der Waals surface area contributed by atoms with Gasteiger partial charge in [0.25, 0.3) is 0 Å². The van der Waals surface area contributed by atoms with Crippen LogP contribution in [0.2, 0.25) is 0 Å². The zero-order valence-electron chi connectivity index (χ0n) is 15.6. The van der Waals surface area contributed by atoms with Crippen LogP contribution in [0.1, 0.15) is 24.0 Å². The minimum atomic E-state index is -4.36. The first-order valence-electron chi connectivity index (χ1n) is 9.13. The largest absolute Gasteiger partial charge is 0.487 e. The minimum absolute atomic E-state index is 0.0486. The van der Waals surface area contributed by atoms with Crippen LogP contribution in [0, 0.1) is 0 Å². The van der Waals surface area contributed by atoms with E-state index in [1.54, 1.807) is 12.3 Å². The van der Waals surface area contributed by atoms with Gasteiger partial charge in [0, 0.05) is 25.6 Å². The lowest BCUT2D eigenvalue weighted by Gasteiger charge is -2.34. The molecular formula is C20H21F3N2O4. The van der Waals surface area contributed by atoms with E-state index in [0.29, 0.717) is 37.4 Å². The normalized spacial score (nSPS) is 17.2. The first kappa shape index (κ1) is 20.9. The molecule has 0 spiro atoms. The van der Waals surface area contributed by atoms with Gasteiger partial charge in [-0.3, -0.25) is 9.78 Å². The smallest absolute Gasteiger partial charge is 0.416 e. The van der Waals surface area contributed by atoms with Crippen LogP contribution in [-0.2, 0) is 22.3 Å². The second-order valence-electron chi connectivity index (χ2n) is 6.73. The van der Waals surface area contributed by atoms with Gasteiger partial charge in [-0.2, -0.15) is 13.2 Å². The Labute approximate surface area is 165 Å². The van der Waals surface area contributed by atoms with Gasteiger partial charge in [-0.25, -0.2) is 0 Å². The summed E-state index contributed by atoms with van der Waals surface area (Å²) >= 11 is 0. The van der Waals surface area contributed by atoms with Crippen molar-refractivity contribution in [2.45, 2.75) is 31.7 Å². The molecule has 156 valence electrons. The summed E-state index contributed by atoms with van der Waals surface area (Å²) in [4.78, 5) is 17.0. The first-order valence-corrected chi connectivity index (χ1v) is 9.13. The van der Waals surface area contributed by atoms with Crippen molar-refractivity contribution in [3.05, 3.63) is 53.9 Å². The number of benzene rings is 1. The molecular weight excluding hydrogens is 389 g/mol. The van der Waals surface area contributed by atoms with E-state index < -0.39 is 17.7 Å². The van der Waals surface area contributed by atoms with Crippen LogP contribution in [0.3, 0.4) is 0 Å². The average Bonchev–Trinajstić information content (AvgIpc) is 2.71. The summed E-state index contributed by atoms with van der Waals surface area (Å²) in [6, 6.07) is 6.62. The Balaban J connectivity index is 1.58. The number of hydrogen-bond acceptors (Lipinski definition) is 5. The third kappa shape index (κ3) is 6.08. The van der Waals surface area contributed by atoms with Crippen LogP contribution < -0.4 is 9.64 Å². The van der Waals surface area contributed by atoms with Gasteiger partial charge in [0.15, 0.2) is 0 Å². The number of carboxylic acids is 1. The monoisotopic (exact) mass is 410 g/mol. The third-order valence-corrected chi connectivity index (χ3v) is 4.57. The number of morpholine rings is 1. The Bertz CT molecular complexity index is 827. The average molecular weight is 410 g/mol. The van der Waals surface area contributed by atoms with Gasteiger partial charge in [-0.1, -0.05) is 12.1 Å². The van der Waals surface area contributed by atoms with Gasteiger partial charge in [-0.15, -0.1) is 0 Å². The Morgan fingerprint density at radius 3 is 2.72 bits per heavy atom. The van der Waals surface area contributed by atoms with Crippen LogP contribution in [-0.4, -0.2) is 41.9 Å². The molecule has 29 heavy (non-hydrogen) atoms. The molecule has 1 aliphatic heterocycles. The molecule has 1 fully saturated rings. The van der Waals surface area contributed by atoms with E-state index in [2.05, 4.69) is 4.98 Å². The molecule has 0 amide bonds. The van der Waals surface area contributed by atoms with Gasteiger partial charge >= 0.3 is 12.1 Å². The molecule has 1 atom stereocenters. The third-order valence-electron chi connectivity index (χ3n) is 4.57. The molecule has 9 heteroatoms. The van der Waals surface area contributed by atoms with E-state index in [-0.39, 0.29) is 19.1 Å². The van der Waals surface area contributed by atoms with Crippen LogP contribution >= 0.6 is 0 Å². The number of carboxylic acid groups (broad SMARTS) is 1. The second kappa shape index (κ2) is 9.13. The van der Waals surface area contributed by atoms with Crippen molar-refractivity contribution in [2.75, 3.05) is 24.6 Å². The number of halogens is 3. The highest BCUT2D eigenvalue weighted by Gasteiger charge is 2.30. The lowest BCUT2D eigenvalue weighted by molar-refractivity contribution is -0.138. The zero-order valence-corrected chi connectivity index (χ0v) is 15.6. The van der Waals surface area contributed by atoms with Gasteiger partial charge in [0.1, 0.15) is 12.4 Å². The molecule has 1 aromatic heterocycles. The molecule has 2 aromatic rings. The van der Waals surface area contributed by atoms with Gasteiger partial charge in [0.05, 0.1) is 36.4 Å². The van der Waals surface area contributed by atoms with Gasteiger partial charge < -0.3 is 19.5 Å². The van der Waals surface area contributed by atoms with E-state index in [0.717, 1.165) is 17.8 Å². The fraction of sp³-hybridized carbons (Fsp3) is 0.400. The number of aromatic nitrogens is 1. The zero-order chi connectivity index (χ0) is 20.9. The molecule has 2 heterocycles. The summed E-state index contributed by atoms with van der Waals surface area (Å²) in [6.07, 6.45) is -0.828. The maximum absolute atomic E-state index is 12.6. The van der Waals surface area contributed by atoms with Crippen molar-refractivity contribution >= 4 is 11.7 Å². The Morgan fingerprint density at radius 2 is 2.03 bits per heavy atom. The fourth-order valence-electron chi connectivity index (χ4n) is 3.03. The predicted octanol–water partition coefficient (Wildman–Crippen LogP) is 3.75. The number of anilines is 1. The molecule has 1 N–H and O–H groups in total. The summed E-state index contributed by atoms with van der Waals surface area (Å²) < 4.78 is 49.2. The quantitative estimate of drug-likeness (QED) is 0.750. The van der Waals surface area contributed by atoms with Crippen LogP contribution in [0.5, 0.6) is 5.75 Å². The number of alkyl halides is 3. The minimum Gasteiger partial charge on any atom is -0.487 e. The summed E-state index contributed by atoms with van der Waals surface area (Å²) in [7, 11) is 0. The molecule has 0 saturated carbocycles. The summed E-state index contributed by atoms with van der Waals surface area (Å²) in [6.45, 7) is 1.81. The number of nitrogens with zero attached hydrogens (tertiary/aromatic N) is 2. The topological polar surface area (TPSA) is 71.9 Å². The van der Waals surface area contributed by atoms with Crippen molar-refractivity contribution in [2.24, 2.45) is 0 Å². The van der Waals surface area contributed by atoms with Crippen LogP contribution in [0.25, 0.3) is 0 Å². The number of pyridine rings is 1. The van der Waals surface area contributed by atoms with Crippen LogP contribution in [0.15, 0.2) is 42.7 Å². The van der Waals surface area contributed by atoms with E-state index >= 15 is 0 Å². The molecule has 1 saturated heterocycles. The highest BCUT2D eigenvalue weighted by molar-refractivity contribution is 5.66. The standard InChI is InChI=1S/C20H21F3N2O4/c21-20(22,23)15-3-1-14(2-4-15)13-29-18-9-16(10-24-11-18)25-7-8-28-17(12-25)5-6-19(26)27/h1-4,9-11,17H,5-8,12-13H2,(H,26,27)/t17-/m0/s1. The number of rotatable bonds is 7. The van der Waals surface area contributed by atoms with Crippen molar-refractivity contribution in [3.8, 4) is 5.75 Å². The first-order chi connectivity index (χ1) is 13.8. The summed E-state index contributed by atoms with van der Waals surface area (Å²) in [5, 5.41) is 8.82. The molecule has 1 aromatic carbocycles. The SMILES string of the molecule is O=C(O)CC[C@H]1CN(c2cncc(OCc3ccc(C(F)(F)F)cc3)c2)CCO1. The molecule has 3 rings (SSSR count). The number of aliphatic carboxylic acids is 1. The predicted molar refractivity (Wildman–Crippen MR) is 98.8 cm³/mol. The number of ether oxygens (including phenoxy) is 2. The van der Waals surface area contributed by atoms with Gasteiger partial charge in [0.2, 0.25) is 0 Å². The Hall–Kier alpha value is -2.81. The van der Waals surface area contributed by atoms with E-state index in [4.69, 9.17) is 14.6 Å². The molecule has 1 aliphatic rings. The molecule has 0 radical (unpaired) electrons. The van der Waals surface area contributed by atoms with E-state index in [9.17, 15) is 18.0 Å². The number of hydrogen-bond donors (Lipinski definition) is 1. The Morgan fingerprint density at radius 1 is 1.28 bits per heavy atom. The molecule has 0 unspecified atom stereocenters. The van der Waals surface area contributed by atoms with Gasteiger partial charge in [-0.05, 0) is 24.1 Å². The lowest BCUT2D eigenvalue weighted by Crippen LogP contribution is -2.42. The Kier molecular flexibility index (Phi) is 6.58. The van der Waals surface area contributed by atoms with E-state index in [1.165, 1.54) is 18.3 Å². The molecule has 0 bridgehead atoms. The fourth-order valence-corrected chi connectivity index (χ4v) is 3.03. The summed E-state index contributed by atoms with van der Waals surface area (Å²) in [5.74, 6) is -0.359. The molecule has 0 aliphatic carbocycles. The van der Waals surface area contributed by atoms with Crippen molar-refractivity contribution in [3.63, 3.8) is 0 Å². The maximum Gasteiger partial charge on any atom is 0.416 e. The van der Waals surface area contributed by atoms with Crippen LogP contribution in [0.4, 0.5) is 18.9 Å². The van der Waals surface area contributed by atoms with Crippen molar-refractivity contribution < 1.29 is 32.5 Å². The van der Waals surface area contributed by atoms with E-state index in [1.807, 2.05) is 4.90 Å². The summed E-state index contributed by atoms with van der Waals surface area (Å²) in [5.41, 5.74) is 0.733. The highest BCUT2D eigenvalue weighted by Crippen LogP contribution is 2.29. The molecule has 6 nitrogen and oxygen atoms in total. The highest BCUT2D eigenvalue weighted by atomic mass is 19.4. The second-order valence-corrected chi connectivity index (χ2v) is 6.73. The maximum atomic E-state index is 12.6. The number of carbonyl (C=O) groups is 1. The van der Waals surface area contributed by atoms with Crippen molar-refractivity contribution in [1.82, 2.24) is 4.98 Å². The van der Waals surface area contributed by atoms with Crippen molar-refractivity contribution in [1.29, 1.82) is 0 Å². The lowest BCUT2D eigenvalue weighted by atomic mass is 10.1.